The van der Waals surface area contributed by atoms with Crippen LogP contribution < -0.4 is 0 Å². The lowest BCUT2D eigenvalue weighted by atomic mass is 10.0. The van der Waals surface area contributed by atoms with Crippen LogP contribution in [0.3, 0.4) is 0 Å². The molecule has 66 valence electrons. The fourth-order valence-electron chi connectivity index (χ4n) is 1.18. The van der Waals surface area contributed by atoms with Crippen LogP contribution in [-0.4, -0.2) is 48.8 Å². The first-order valence-electron chi connectivity index (χ1n) is 3.71. The molecule has 1 rings (SSSR count). The molecule has 0 spiro atoms. The van der Waals surface area contributed by atoms with Gasteiger partial charge in [-0.3, -0.25) is 0 Å². The standard InChI is InChI=1S/C7H14O4/c1-10-7-4-11-5(3-8)2-6(7)9/h5-9H,2-4H2,1H3/t5-,6-,7-/m1/s1. The maximum atomic E-state index is 9.35. The molecule has 3 atom stereocenters. The first-order valence-corrected chi connectivity index (χ1v) is 3.71. The van der Waals surface area contributed by atoms with E-state index in [9.17, 15) is 5.11 Å². The highest BCUT2D eigenvalue weighted by Gasteiger charge is 2.28. The Morgan fingerprint density at radius 1 is 1.64 bits per heavy atom. The Bertz CT molecular complexity index is 117. The Labute approximate surface area is 65.7 Å². The van der Waals surface area contributed by atoms with Crippen LogP contribution in [-0.2, 0) is 9.47 Å². The van der Waals surface area contributed by atoms with Crippen LogP contribution in [0, 0.1) is 0 Å². The van der Waals surface area contributed by atoms with E-state index in [0.717, 1.165) is 0 Å². The molecule has 2 N–H and O–H groups in total. The number of hydrogen-bond acceptors (Lipinski definition) is 4. The largest absolute Gasteiger partial charge is 0.394 e. The molecule has 1 heterocycles. The van der Waals surface area contributed by atoms with E-state index in [1.165, 1.54) is 7.11 Å². The van der Waals surface area contributed by atoms with E-state index >= 15 is 0 Å². The van der Waals surface area contributed by atoms with Gasteiger partial charge in [-0.05, 0) is 0 Å². The van der Waals surface area contributed by atoms with E-state index in [4.69, 9.17) is 14.6 Å². The molecule has 1 saturated heterocycles. The zero-order valence-electron chi connectivity index (χ0n) is 6.56. The van der Waals surface area contributed by atoms with E-state index in [1.54, 1.807) is 0 Å². The first kappa shape index (κ1) is 8.93. The maximum absolute atomic E-state index is 9.35. The topological polar surface area (TPSA) is 58.9 Å². The minimum Gasteiger partial charge on any atom is -0.394 e. The molecule has 4 nitrogen and oxygen atoms in total. The molecule has 0 unspecified atom stereocenters. The second-order valence-corrected chi connectivity index (χ2v) is 2.72. The monoisotopic (exact) mass is 162 g/mol. The van der Waals surface area contributed by atoms with Gasteiger partial charge >= 0.3 is 0 Å². The number of aliphatic hydroxyl groups is 2. The Morgan fingerprint density at radius 2 is 2.36 bits per heavy atom. The summed E-state index contributed by atoms with van der Waals surface area (Å²) in [5.41, 5.74) is 0. The van der Waals surface area contributed by atoms with E-state index in [2.05, 4.69) is 0 Å². The summed E-state index contributed by atoms with van der Waals surface area (Å²) in [7, 11) is 1.54. The molecule has 4 heteroatoms. The fraction of sp³-hybridized carbons (Fsp3) is 1.00. The summed E-state index contributed by atoms with van der Waals surface area (Å²) >= 11 is 0. The van der Waals surface area contributed by atoms with Gasteiger partial charge in [0.15, 0.2) is 0 Å². The summed E-state index contributed by atoms with van der Waals surface area (Å²) in [4.78, 5) is 0. The highest BCUT2D eigenvalue weighted by Crippen LogP contribution is 2.15. The smallest absolute Gasteiger partial charge is 0.106 e. The third-order valence-corrected chi connectivity index (χ3v) is 1.94. The van der Waals surface area contributed by atoms with Crippen molar-refractivity contribution >= 4 is 0 Å². The van der Waals surface area contributed by atoms with Crippen molar-refractivity contribution in [2.24, 2.45) is 0 Å². The van der Waals surface area contributed by atoms with Crippen LogP contribution in [0.5, 0.6) is 0 Å². The quantitative estimate of drug-likeness (QED) is 0.555. The van der Waals surface area contributed by atoms with E-state index in [1.807, 2.05) is 0 Å². The Kier molecular flexibility index (Phi) is 3.26. The van der Waals surface area contributed by atoms with Crippen molar-refractivity contribution in [3.63, 3.8) is 0 Å². The average molecular weight is 162 g/mol. The van der Waals surface area contributed by atoms with Crippen molar-refractivity contribution in [3.8, 4) is 0 Å². The molecule has 1 fully saturated rings. The summed E-state index contributed by atoms with van der Waals surface area (Å²) < 4.78 is 10.1. The van der Waals surface area contributed by atoms with E-state index in [0.29, 0.717) is 13.0 Å². The van der Waals surface area contributed by atoms with Crippen LogP contribution in [0.1, 0.15) is 6.42 Å². The first-order chi connectivity index (χ1) is 5.27. The van der Waals surface area contributed by atoms with Crippen LogP contribution >= 0.6 is 0 Å². The van der Waals surface area contributed by atoms with Gasteiger partial charge < -0.3 is 19.7 Å². The average Bonchev–Trinajstić information content (AvgIpc) is 2.04. The van der Waals surface area contributed by atoms with Crippen LogP contribution in [0.2, 0.25) is 0 Å². The minimum atomic E-state index is -0.508. The van der Waals surface area contributed by atoms with Crippen molar-refractivity contribution in [2.75, 3.05) is 20.3 Å². The predicted octanol–water partition coefficient (Wildman–Crippen LogP) is -0.857. The number of hydrogen-bond donors (Lipinski definition) is 2. The van der Waals surface area contributed by atoms with Gasteiger partial charge in [0.25, 0.3) is 0 Å². The summed E-state index contributed by atoms with van der Waals surface area (Å²) in [5, 5.41) is 18.0. The molecule has 0 aromatic carbocycles. The molecule has 0 bridgehead atoms. The Balaban J connectivity index is 2.34. The second-order valence-electron chi connectivity index (χ2n) is 2.72. The van der Waals surface area contributed by atoms with Crippen LogP contribution in [0.15, 0.2) is 0 Å². The van der Waals surface area contributed by atoms with Gasteiger partial charge in [0, 0.05) is 13.5 Å². The number of aliphatic hydroxyl groups excluding tert-OH is 2. The molecule has 0 aliphatic carbocycles. The maximum Gasteiger partial charge on any atom is 0.106 e. The third kappa shape index (κ3) is 2.13. The Hall–Kier alpha value is -0.160. The normalized spacial score (nSPS) is 39.0. The van der Waals surface area contributed by atoms with Crippen molar-refractivity contribution in [1.29, 1.82) is 0 Å². The highest BCUT2D eigenvalue weighted by atomic mass is 16.5. The lowest BCUT2D eigenvalue weighted by Crippen LogP contribution is -2.43. The lowest BCUT2D eigenvalue weighted by Gasteiger charge is -2.31. The molecule has 1 aliphatic heterocycles. The van der Waals surface area contributed by atoms with Crippen molar-refractivity contribution in [1.82, 2.24) is 0 Å². The Morgan fingerprint density at radius 3 is 2.82 bits per heavy atom. The number of rotatable bonds is 2. The fourth-order valence-corrected chi connectivity index (χ4v) is 1.18. The minimum absolute atomic E-state index is 0.0342. The number of ether oxygens (including phenoxy) is 2. The molecule has 0 radical (unpaired) electrons. The third-order valence-electron chi connectivity index (χ3n) is 1.94. The molecular weight excluding hydrogens is 148 g/mol. The SMILES string of the molecule is CO[C@@H]1CO[C@@H](CO)C[C@H]1O. The van der Waals surface area contributed by atoms with Crippen molar-refractivity contribution in [2.45, 2.75) is 24.7 Å². The second kappa shape index (κ2) is 4.01. The van der Waals surface area contributed by atoms with Gasteiger partial charge in [-0.2, -0.15) is 0 Å². The highest BCUT2D eigenvalue weighted by molar-refractivity contribution is 4.78. The van der Waals surface area contributed by atoms with Crippen LogP contribution in [0.25, 0.3) is 0 Å². The summed E-state index contributed by atoms with van der Waals surface area (Å²) in [6, 6.07) is 0. The number of methoxy groups -OCH3 is 1. The summed E-state index contributed by atoms with van der Waals surface area (Å²) in [5.74, 6) is 0. The molecule has 0 aromatic heterocycles. The molecule has 0 saturated carbocycles. The van der Waals surface area contributed by atoms with Gasteiger partial charge in [-0.15, -0.1) is 0 Å². The molecule has 0 aromatic rings. The zero-order chi connectivity index (χ0) is 8.27. The lowest BCUT2D eigenvalue weighted by molar-refractivity contribution is -0.142. The van der Waals surface area contributed by atoms with E-state index in [-0.39, 0.29) is 18.8 Å². The molecule has 1 aliphatic rings. The van der Waals surface area contributed by atoms with Gasteiger partial charge in [-0.25, -0.2) is 0 Å². The summed E-state index contributed by atoms with van der Waals surface area (Å²) in [6.07, 6.45) is -0.519. The predicted molar refractivity (Wildman–Crippen MR) is 38.2 cm³/mol. The molecule has 11 heavy (non-hydrogen) atoms. The van der Waals surface area contributed by atoms with Crippen LogP contribution in [0.4, 0.5) is 0 Å². The van der Waals surface area contributed by atoms with Gasteiger partial charge in [-0.1, -0.05) is 0 Å². The van der Waals surface area contributed by atoms with Gasteiger partial charge in [0.1, 0.15) is 6.10 Å². The van der Waals surface area contributed by atoms with Gasteiger partial charge in [0.2, 0.25) is 0 Å². The summed E-state index contributed by atoms with van der Waals surface area (Å²) in [6.45, 7) is 0.330. The van der Waals surface area contributed by atoms with Crippen molar-refractivity contribution < 1.29 is 19.7 Å². The molecular formula is C7H14O4. The van der Waals surface area contributed by atoms with Gasteiger partial charge in [0.05, 0.1) is 25.4 Å². The molecule has 0 amide bonds. The zero-order valence-corrected chi connectivity index (χ0v) is 6.56. The van der Waals surface area contributed by atoms with E-state index < -0.39 is 6.10 Å². The van der Waals surface area contributed by atoms with Crippen molar-refractivity contribution in [3.05, 3.63) is 0 Å².